The highest BCUT2D eigenvalue weighted by Crippen LogP contribution is 2.31. The fourth-order valence-corrected chi connectivity index (χ4v) is 4.21. The Morgan fingerprint density at radius 1 is 1.11 bits per heavy atom. The van der Waals surface area contributed by atoms with Crippen molar-refractivity contribution in [1.82, 2.24) is 14.8 Å². The first-order valence-electron chi connectivity index (χ1n) is 11.1. The van der Waals surface area contributed by atoms with E-state index in [1.807, 2.05) is 31.4 Å². The molecule has 36 heavy (non-hydrogen) atoms. The molecule has 4 aromatic rings. The molecule has 10 heteroatoms. The first kappa shape index (κ1) is 24.8. The number of aromatic nitrogens is 3. The Balaban J connectivity index is 1.74. The van der Waals surface area contributed by atoms with E-state index in [4.69, 9.17) is 9.47 Å². The first-order chi connectivity index (χ1) is 17.4. The lowest BCUT2D eigenvalue weighted by molar-refractivity contribution is 0.0472. The van der Waals surface area contributed by atoms with Crippen molar-refractivity contribution in [2.24, 2.45) is 0 Å². The van der Waals surface area contributed by atoms with Crippen LogP contribution in [0.15, 0.2) is 65.0 Å². The zero-order valence-corrected chi connectivity index (χ0v) is 20.8. The molecule has 0 unspecified atom stereocenters. The van der Waals surface area contributed by atoms with Crippen LogP contribution in [0.2, 0.25) is 0 Å². The Morgan fingerprint density at radius 3 is 2.53 bits per heavy atom. The maximum atomic E-state index is 13.5. The molecule has 3 aromatic heterocycles. The number of esters is 2. The number of nitrogens with zero attached hydrogens (tertiary/aromatic N) is 3. The van der Waals surface area contributed by atoms with Gasteiger partial charge in [-0.15, -0.1) is 11.3 Å². The van der Waals surface area contributed by atoms with E-state index in [0.717, 1.165) is 10.4 Å². The van der Waals surface area contributed by atoms with E-state index in [1.54, 1.807) is 42.7 Å². The van der Waals surface area contributed by atoms with Gasteiger partial charge >= 0.3 is 11.9 Å². The molecule has 3 heterocycles. The minimum atomic E-state index is -0.702. The van der Waals surface area contributed by atoms with Crippen molar-refractivity contribution >= 4 is 34.7 Å². The number of aryl methyl sites for hydroxylation is 2. The molecule has 0 spiro atoms. The topological polar surface area (TPSA) is 112 Å². The van der Waals surface area contributed by atoms with E-state index < -0.39 is 17.5 Å². The van der Waals surface area contributed by atoms with E-state index in [2.05, 4.69) is 15.4 Å². The van der Waals surface area contributed by atoms with Gasteiger partial charge in [0.2, 0.25) is 0 Å². The Bertz CT molecular complexity index is 1450. The minimum Gasteiger partial charge on any atom is -0.465 e. The van der Waals surface area contributed by atoms with Gasteiger partial charge in [0.25, 0.3) is 5.56 Å². The molecule has 0 aliphatic rings. The monoisotopic (exact) mass is 504 g/mol. The summed E-state index contributed by atoms with van der Waals surface area (Å²) in [5.74, 6) is -1.16. The van der Waals surface area contributed by atoms with Gasteiger partial charge in [0.05, 0.1) is 29.4 Å². The van der Waals surface area contributed by atoms with Crippen LogP contribution in [0.4, 0.5) is 11.4 Å². The van der Waals surface area contributed by atoms with E-state index in [9.17, 15) is 14.4 Å². The lowest BCUT2D eigenvalue weighted by atomic mass is 10.1. The van der Waals surface area contributed by atoms with Crippen molar-refractivity contribution in [3.8, 4) is 10.6 Å². The summed E-state index contributed by atoms with van der Waals surface area (Å²) in [4.78, 5) is 43.3. The van der Waals surface area contributed by atoms with Gasteiger partial charge in [-0.05, 0) is 54.6 Å². The molecule has 0 atom stereocenters. The molecule has 0 aliphatic carbocycles. The molecular weight excluding hydrogens is 480 g/mol. The summed E-state index contributed by atoms with van der Waals surface area (Å²) < 4.78 is 11.6. The second kappa shape index (κ2) is 11.0. The van der Waals surface area contributed by atoms with Gasteiger partial charge < -0.3 is 14.8 Å². The number of carbonyl (C=O) groups is 2. The van der Waals surface area contributed by atoms with Gasteiger partial charge in [-0.1, -0.05) is 18.2 Å². The van der Waals surface area contributed by atoms with Crippen LogP contribution >= 0.6 is 11.3 Å². The first-order valence-corrected chi connectivity index (χ1v) is 12.0. The lowest BCUT2D eigenvalue weighted by Crippen LogP contribution is -2.29. The van der Waals surface area contributed by atoms with Crippen LogP contribution in [0.25, 0.3) is 10.6 Å². The lowest BCUT2D eigenvalue weighted by Gasteiger charge is -2.17. The number of hydrogen-bond acceptors (Lipinski definition) is 9. The summed E-state index contributed by atoms with van der Waals surface area (Å²) in [5, 5.41) is 9.46. The number of methoxy groups -OCH3 is 1. The number of thiophene rings is 1. The van der Waals surface area contributed by atoms with Crippen LogP contribution in [0.3, 0.4) is 0 Å². The third kappa shape index (κ3) is 5.18. The van der Waals surface area contributed by atoms with Crippen LogP contribution < -0.4 is 10.9 Å². The molecule has 0 saturated carbocycles. The number of anilines is 2. The molecule has 1 N–H and O–H groups in total. The second-order valence-electron chi connectivity index (χ2n) is 7.78. The van der Waals surface area contributed by atoms with Crippen molar-refractivity contribution in [3.05, 3.63) is 92.8 Å². The summed E-state index contributed by atoms with van der Waals surface area (Å²) in [5.41, 5.74) is 2.51. The fraction of sp³-hybridized carbons (Fsp3) is 0.192. The van der Waals surface area contributed by atoms with Gasteiger partial charge in [0.15, 0.2) is 0 Å². The number of ether oxygens (including phenoxy) is 2. The number of nitrogens with one attached hydrogen (secondary N) is 1. The van der Waals surface area contributed by atoms with Crippen molar-refractivity contribution in [3.63, 3.8) is 0 Å². The summed E-state index contributed by atoms with van der Waals surface area (Å²) in [6, 6.07) is 12.0. The number of benzene rings is 1. The predicted molar refractivity (Wildman–Crippen MR) is 137 cm³/mol. The number of hydrogen-bond donors (Lipinski definition) is 1. The molecule has 184 valence electrons. The Labute approximate surface area is 211 Å². The molecular formula is C26H24N4O5S. The number of rotatable bonds is 8. The molecule has 0 bridgehead atoms. The Kier molecular flexibility index (Phi) is 7.55. The average Bonchev–Trinajstić information content (AvgIpc) is 3.44. The third-order valence-corrected chi connectivity index (χ3v) is 6.33. The van der Waals surface area contributed by atoms with Crippen LogP contribution in [0.5, 0.6) is 0 Å². The quantitative estimate of drug-likeness (QED) is 0.347. The van der Waals surface area contributed by atoms with Crippen molar-refractivity contribution in [1.29, 1.82) is 0 Å². The normalized spacial score (nSPS) is 10.6. The maximum absolute atomic E-state index is 13.5. The number of pyridine rings is 1. The molecule has 0 fully saturated rings. The highest BCUT2D eigenvalue weighted by atomic mass is 32.1. The molecule has 0 radical (unpaired) electrons. The SMILES string of the molecule is CCn1nc(-c2cccs2)c(C(=O)OCc2ccc(C(=O)OC)cc2)c(Nc2cnccc2C)c1=O. The standard InChI is InChI=1S/C26H24N4O5S/c1-4-30-24(31)23(28-19-14-27-12-11-16(19)2)21(22(29-30)20-6-5-13-36-20)26(33)35-15-17-7-9-18(10-8-17)25(32)34-3/h5-14,28H,4,15H2,1-3H3. The molecule has 1 aromatic carbocycles. The number of carbonyl (C=O) groups excluding carboxylic acids is 2. The Morgan fingerprint density at radius 2 is 1.89 bits per heavy atom. The largest absolute Gasteiger partial charge is 0.465 e. The van der Waals surface area contributed by atoms with Crippen LogP contribution in [0, 0.1) is 6.92 Å². The van der Waals surface area contributed by atoms with Crippen molar-refractivity contribution in [2.45, 2.75) is 27.0 Å². The summed E-state index contributed by atoms with van der Waals surface area (Å²) in [7, 11) is 1.31. The highest BCUT2D eigenvalue weighted by molar-refractivity contribution is 7.13. The van der Waals surface area contributed by atoms with Gasteiger partial charge in [-0.3, -0.25) is 9.78 Å². The van der Waals surface area contributed by atoms with Crippen LogP contribution in [-0.4, -0.2) is 33.8 Å². The highest BCUT2D eigenvalue weighted by Gasteiger charge is 2.26. The smallest absolute Gasteiger partial charge is 0.343 e. The van der Waals surface area contributed by atoms with E-state index in [0.29, 0.717) is 29.1 Å². The second-order valence-corrected chi connectivity index (χ2v) is 8.72. The van der Waals surface area contributed by atoms with Crippen molar-refractivity contribution < 1.29 is 19.1 Å². The summed E-state index contributed by atoms with van der Waals surface area (Å²) in [6.07, 6.45) is 3.24. The average molecular weight is 505 g/mol. The van der Waals surface area contributed by atoms with E-state index in [1.165, 1.54) is 23.1 Å². The summed E-state index contributed by atoms with van der Waals surface area (Å²) in [6.45, 7) is 3.94. The van der Waals surface area contributed by atoms with Gasteiger partial charge in [-0.25, -0.2) is 14.3 Å². The zero-order chi connectivity index (χ0) is 25.7. The molecule has 0 aliphatic heterocycles. The Hall–Kier alpha value is -4.31. The molecule has 4 rings (SSSR count). The van der Waals surface area contributed by atoms with Gasteiger partial charge in [-0.2, -0.15) is 5.10 Å². The van der Waals surface area contributed by atoms with Crippen LogP contribution in [-0.2, 0) is 22.6 Å². The van der Waals surface area contributed by atoms with Gasteiger partial charge in [0.1, 0.15) is 23.6 Å². The molecule has 9 nitrogen and oxygen atoms in total. The van der Waals surface area contributed by atoms with Crippen LogP contribution in [0.1, 0.15) is 38.8 Å². The zero-order valence-electron chi connectivity index (χ0n) is 20.0. The summed E-state index contributed by atoms with van der Waals surface area (Å²) >= 11 is 1.40. The molecule has 0 amide bonds. The third-order valence-electron chi connectivity index (χ3n) is 5.46. The predicted octanol–water partition coefficient (Wildman–Crippen LogP) is 4.58. The van der Waals surface area contributed by atoms with E-state index in [-0.39, 0.29) is 17.9 Å². The van der Waals surface area contributed by atoms with Crippen molar-refractivity contribution in [2.75, 3.05) is 12.4 Å². The molecule has 0 saturated heterocycles. The van der Waals surface area contributed by atoms with E-state index >= 15 is 0 Å². The van der Waals surface area contributed by atoms with Gasteiger partial charge in [0, 0.05) is 12.7 Å². The fourth-order valence-electron chi connectivity index (χ4n) is 3.49. The minimum absolute atomic E-state index is 0.0431. The maximum Gasteiger partial charge on any atom is 0.343 e.